The fraction of sp³-hybridized carbons (Fsp3) is 0.368. The van der Waals surface area contributed by atoms with Crippen molar-refractivity contribution in [3.63, 3.8) is 0 Å². The Kier molecular flexibility index (Phi) is 8.08. The van der Waals surface area contributed by atoms with E-state index in [2.05, 4.69) is 5.32 Å². The number of benzene rings is 1. The summed E-state index contributed by atoms with van der Waals surface area (Å²) >= 11 is 0.749. The van der Waals surface area contributed by atoms with Gasteiger partial charge in [-0.2, -0.15) is 0 Å². The summed E-state index contributed by atoms with van der Waals surface area (Å²) in [7, 11) is 0. The van der Waals surface area contributed by atoms with E-state index < -0.39 is 29.6 Å². The molecule has 0 aromatic heterocycles. The van der Waals surface area contributed by atoms with Crippen molar-refractivity contribution < 1.29 is 33.8 Å². The Balaban J connectivity index is 2.17. The van der Waals surface area contributed by atoms with Crippen molar-refractivity contribution in [2.24, 2.45) is 0 Å². The zero-order valence-electron chi connectivity index (χ0n) is 16.1. The number of rotatable bonds is 10. The number of hydrogen-bond donors (Lipinski definition) is 2. The number of imide groups is 1. The number of carboxylic acids is 1. The summed E-state index contributed by atoms with van der Waals surface area (Å²) in [5, 5.41) is 10.9. The number of thioether (sulfide) groups is 1. The van der Waals surface area contributed by atoms with Gasteiger partial charge in [-0.15, -0.1) is 0 Å². The fourth-order valence-corrected chi connectivity index (χ4v) is 3.23. The molecule has 0 unspecified atom stereocenters. The molecular weight excluding hydrogens is 400 g/mol. The van der Waals surface area contributed by atoms with E-state index in [0.29, 0.717) is 24.5 Å². The molecule has 1 aromatic carbocycles. The maximum atomic E-state index is 12.5. The average molecular weight is 422 g/mol. The van der Waals surface area contributed by atoms with Gasteiger partial charge in [0.15, 0.2) is 18.1 Å². The minimum atomic E-state index is -1.12. The van der Waals surface area contributed by atoms with Gasteiger partial charge in [0.2, 0.25) is 5.91 Å². The van der Waals surface area contributed by atoms with Crippen LogP contribution in [0, 0.1) is 0 Å². The molecule has 10 heteroatoms. The van der Waals surface area contributed by atoms with Crippen LogP contribution in [0.2, 0.25) is 0 Å². The number of aliphatic carboxylic acids is 1. The number of nitrogens with one attached hydrogen (secondary N) is 1. The monoisotopic (exact) mass is 422 g/mol. The number of carbonyl (C=O) groups excluding carboxylic acids is 3. The topological polar surface area (TPSA) is 122 Å². The van der Waals surface area contributed by atoms with E-state index in [0.717, 1.165) is 23.1 Å². The highest BCUT2D eigenvalue weighted by atomic mass is 32.2. The summed E-state index contributed by atoms with van der Waals surface area (Å²) in [6, 6.07) is 4.73. The second kappa shape index (κ2) is 10.5. The molecule has 3 amide bonds. The molecule has 1 saturated heterocycles. The Morgan fingerprint density at radius 2 is 1.97 bits per heavy atom. The summed E-state index contributed by atoms with van der Waals surface area (Å²) in [5.74, 6) is -1.48. The molecule has 2 N–H and O–H groups in total. The van der Waals surface area contributed by atoms with Gasteiger partial charge in [0.25, 0.3) is 11.1 Å². The fourth-order valence-electron chi connectivity index (χ4n) is 2.39. The summed E-state index contributed by atoms with van der Waals surface area (Å²) in [5.41, 5.74) is 0.567. The van der Waals surface area contributed by atoms with E-state index >= 15 is 0 Å². The highest BCUT2D eigenvalue weighted by Gasteiger charge is 2.36. The number of ether oxygens (including phenoxy) is 2. The Hall–Kier alpha value is -3.01. The van der Waals surface area contributed by atoms with E-state index in [1.165, 1.54) is 12.1 Å². The van der Waals surface area contributed by atoms with Gasteiger partial charge in [0.1, 0.15) is 6.54 Å². The SMILES string of the molecule is CCCNC(=O)CN1C(=O)S/C(=C\c2ccc(OCC(=O)O)c(OCC)c2)C1=O. The van der Waals surface area contributed by atoms with Crippen molar-refractivity contribution in [3.05, 3.63) is 28.7 Å². The lowest BCUT2D eigenvalue weighted by molar-refractivity contribution is -0.139. The summed E-state index contributed by atoms with van der Waals surface area (Å²) in [6.45, 7) is 3.63. The summed E-state index contributed by atoms with van der Waals surface area (Å²) in [6.07, 6.45) is 2.26. The van der Waals surface area contributed by atoms with Crippen molar-refractivity contribution in [1.82, 2.24) is 10.2 Å². The molecule has 156 valence electrons. The van der Waals surface area contributed by atoms with Gasteiger partial charge < -0.3 is 19.9 Å². The Morgan fingerprint density at radius 1 is 1.21 bits per heavy atom. The maximum absolute atomic E-state index is 12.5. The Bertz CT molecular complexity index is 838. The van der Waals surface area contributed by atoms with Crippen LogP contribution in [-0.2, 0) is 14.4 Å². The molecule has 0 saturated carbocycles. The molecule has 0 spiro atoms. The first kappa shape index (κ1) is 22.3. The normalized spacial score (nSPS) is 15.0. The predicted octanol–water partition coefficient (Wildman–Crippen LogP) is 2.11. The highest BCUT2D eigenvalue weighted by molar-refractivity contribution is 8.18. The smallest absolute Gasteiger partial charge is 0.341 e. The van der Waals surface area contributed by atoms with E-state index in [1.807, 2.05) is 6.92 Å². The van der Waals surface area contributed by atoms with E-state index in [-0.39, 0.29) is 17.2 Å². The van der Waals surface area contributed by atoms with Crippen LogP contribution in [-0.4, -0.2) is 59.3 Å². The second-order valence-electron chi connectivity index (χ2n) is 5.94. The van der Waals surface area contributed by atoms with E-state index in [4.69, 9.17) is 14.6 Å². The van der Waals surface area contributed by atoms with Crippen LogP contribution in [0.1, 0.15) is 25.8 Å². The number of carboxylic acid groups (broad SMARTS) is 1. The first-order chi connectivity index (χ1) is 13.8. The molecule has 1 aliphatic rings. The van der Waals surface area contributed by atoms with Crippen LogP contribution in [0.4, 0.5) is 4.79 Å². The number of carbonyl (C=O) groups is 4. The molecule has 29 heavy (non-hydrogen) atoms. The third kappa shape index (κ3) is 6.24. The third-order valence-corrected chi connectivity index (χ3v) is 4.57. The molecular formula is C19H22N2O7S. The Morgan fingerprint density at radius 3 is 2.62 bits per heavy atom. The molecule has 1 aromatic rings. The number of nitrogens with zero attached hydrogens (tertiary/aromatic N) is 1. The highest BCUT2D eigenvalue weighted by Crippen LogP contribution is 2.34. The summed E-state index contributed by atoms with van der Waals surface area (Å²) < 4.78 is 10.6. The molecule has 0 atom stereocenters. The van der Waals surface area contributed by atoms with Gasteiger partial charge in [-0.3, -0.25) is 19.3 Å². The lowest BCUT2D eigenvalue weighted by Crippen LogP contribution is -2.39. The first-order valence-corrected chi connectivity index (χ1v) is 9.80. The minimum Gasteiger partial charge on any atom is -0.490 e. The third-order valence-electron chi connectivity index (χ3n) is 3.66. The first-order valence-electron chi connectivity index (χ1n) is 8.99. The molecule has 0 radical (unpaired) electrons. The van der Waals surface area contributed by atoms with Gasteiger partial charge in [0, 0.05) is 6.54 Å². The lowest BCUT2D eigenvalue weighted by Gasteiger charge is -2.12. The van der Waals surface area contributed by atoms with Crippen LogP contribution in [0.25, 0.3) is 6.08 Å². The van der Waals surface area contributed by atoms with Gasteiger partial charge >= 0.3 is 5.97 Å². The largest absolute Gasteiger partial charge is 0.490 e. The van der Waals surface area contributed by atoms with Crippen molar-refractivity contribution in [2.75, 3.05) is 26.3 Å². The van der Waals surface area contributed by atoms with Crippen LogP contribution >= 0.6 is 11.8 Å². The standard InChI is InChI=1S/C19H22N2O7S/c1-3-7-20-16(22)10-21-18(25)15(29-19(21)26)9-12-5-6-13(28-11-17(23)24)14(8-12)27-4-2/h5-6,8-9H,3-4,7,10-11H2,1-2H3,(H,20,22)(H,23,24)/b15-9-. The zero-order chi connectivity index (χ0) is 21.4. The molecule has 9 nitrogen and oxygen atoms in total. The van der Waals surface area contributed by atoms with E-state index in [1.54, 1.807) is 19.1 Å². The van der Waals surface area contributed by atoms with Gasteiger partial charge in [0.05, 0.1) is 11.5 Å². The van der Waals surface area contributed by atoms with E-state index in [9.17, 15) is 19.2 Å². The minimum absolute atomic E-state index is 0.181. The van der Waals surface area contributed by atoms with Gasteiger partial charge in [-0.25, -0.2) is 4.79 Å². The molecule has 0 aliphatic carbocycles. The molecule has 1 aliphatic heterocycles. The zero-order valence-corrected chi connectivity index (χ0v) is 16.9. The lowest BCUT2D eigenvalue weighted by atomic mass is 10.2. The van der Waals surface area contributed by atoms with Crippen molar-refractivity contribution >= 4 is 40.9 Å². The van der Waals surface area contributed by atoms with Crippen LogP contribution in [0.5, 0.6) is 11.5 Å². The Labute approximate surface area is 172 Å². The predicted molar refractivity (Wildman–Crippen MR) is 107 cm³/mol. The number of amides is 3. The maximum Gasteiger partial charge on any atom is 0.341 e. The number of hydrogen-bond acceptors (Lipinski definition) is 7. The molecule has 2 rings (SSSR count). The molecule has 1 heterocycles. The average Bonchev–Trinajstić information content (AvgIpc) is 2.93. The van der Waals surface area contributed by atoms with Crippen LogP contribution in [0.3, 0.4) is 0 Å². The second-order valence-corrected chi connectivity index (χ2v) is 6.93. The van der Waals surface area contributed by atoms with Crippen molar-refractivity contribution in [3.8, 4) is 11.5 Å². The van der Waals surface area contributed by atoms with Crippen LogP contribution < -0.4 is 14.8 Å². The van der Waals surface area contributed by atoms with Crippen molar-refractivity contribution in [2.45, 2.75) is 20.3 Å². The van der Waals surface area contributed by atoms with Crippen LogP contribution in [0.15, 0.2) is 23.1 Å². The van der Waals surface area contributed by atoms with Crippen molar-refractivity contribution in [1.29, 1.82) is 0 Å². The quantitative estimate of drug-likeness (QED) is 0.550. The summed E-state index contributed by atoms with van der Waals surface area (Å²) in [4.78, 5) is 48.2. The molecule has 1 fully saturated rings. The van der Waals surface area contributed by atoms with Gasteiger partial charge in [-0.1, -0.05) is 13.0 Å². The van der Waals surface area contributed by atoms with Gasteiger partial charge in [-0.05, 0) is 48.9 Å². The molecule has 0 bridgehead atoms.